The lowest BCUT2D eigenvalue weighted by molar-refractivity contribution is -0.119. The van der Waals surface area contributed by atoms with E-state index in [9.17, 15) is 17.6 Å². The van der Waals surface area contributed by atoms with Gasteiger partial charge in [0, 0.05) is 6.54 Å². The van der Waals surface area contributed by atoms with Crippen LogP contribution in [0.15, 0.2) is 65.6 Å². The van der Waals surface area contributed by atoms with Crippen LogP contribution in [0.5, 0.6) is 17.2 Å². The van der Waals surface area contributed by atoms with Crippen LogP contribution in [-0.4, -0.2) is 48.7 Å². The Balaban J connectivity index is 1.81. The van der Waals surface area contributed by atoms with Gasteiger partial charge in [-0.1, -0.05) is 12.1 Å². The van der Waals surface area contributed by atoms with Crippen LogP contribution in [0.4, 0.5) is 10.1 Å². The molecule has 0 saturated heterocycles. The van der Waals surface area contributed by atoms with E-state index in [1.54, 1.807) is 32.2 Å². The zero-order valence-electron chi connectivity index (χ0n) is 20.6. The highest BCUT2D eigenvalue weighted by molar-refractivity contribution is 7.93. The monoisotopic (exact) mass is 516 g/mol. The normalized spacial score (nSPS) is 11.0. The van der Waals surface area contributed by atoms with Gasteiger partial charge >= 0.3 is 0 Å². The van der Waals surface area contributed by atoms with Gasteiger partial charge in [-0.3, -0.25) is 9.10 Å². The Bertz CT molecular complexity index is 1310. The van der Waals surface area contributed by atoms with Crippen LogP contribution in [0.25, 0.3) is 0 Å². The van der Waals surface area contributed by atoms with Crippen molar-refractivity contribution in [3.8, 4) is 17.2 Å². The number of hydrogen-bond donors (Lipinski definition) is 1. The van der Waals surface area contributed by atoms with Crippen LogP contribution in [0.2, 0.25) is 0 Å². The van der Waals surface area contributed by atoms with Crippen LogP contribution in [0, 0.1) is 12.7 Å². The summed E-state index contributed by atoms with van der Waals surface area (Å²) in [6, 6.07) is 15.1. The number of ether oxygens (including phenoxy) is 3. The highest BCUT2D eigenvalue weighted by Gasteiger charge is 2.30. The number of benzene rings is 3. The molecule has 0 atom stereocenters. The second-order valence-electron chi connectivity index (χ2n) is 7.93. The number of aryl methyl sites for hydroxylation is 1. The Morgan fingerprint density at radius 2 is 1.53 bits per heavy atom. The highest BCUT2D eigenvalue weighted by atomic mass is 32.2. The minimum absolute atomic E-state index is 0.0903. The second-order valence-corrected chi connectivity index (χ2v) is 9.76. The molecule has 0 unspecified atom stereocenters. The van der Waals surface area contributed by atoms with E-state index in [1.165, 1.54) is 32.4 Å². The van der Waals surface area contributed by atoms with Gasteiger partial charge in [0.05, 0.1) is 27.0 Å². The first kappa shape index (κ1) is 26.8. The number of carbonyl (C=O) groups is 1. The lowest BCUT2D eigenvalue weighted by atomic mass is 10.1. The van der Waals surface area contributed by atoms with Crippen molar-refractivity contribution >= 4 is 21.6 Å². The predicted molar refractivity (Wildman–Crippen MR) is 135 cm³/mol. The largest absolute Gasteiger partial charge is 0.495 e. The van der Waals surface area contributed by atoms with Crippen LogP contribution >= 0.6 is 0 Å². The first-order chi connectivity index (χ1) is 17.2. The van der Waals surface area contributed by atoms with Crippen molar-refractivity contribution in [1.29, 1.82) is 0 Å². The van der Waals surface area contributed by atoms with Crippen molar-refractivity contribution < 1.29 is 31.8 Å². The number of rotatable bonds is 11. The molecule has 36 heavy (non-hydrogen) atoms. The molecule has 0 radical (unpaired) electrons. The average Bonchev–Trinajstić information content (AvgIpc) is 2.87. The van der Waals surface area contributed by atoms with Gasteiger partial charge in [0.2, 0.25) is 5.91 Å². The van der Waals surface area contributed by atoms with E-state index >= 15 is 0 Å². The Morgan fingerprint density at radius 1 is 0.889 bits per heavy atom. The Morgan fingerprint density at radius 3 is 2.17 bits per heavy atom. The summed E-state index contributed by atoms with van der Waals surface area (Å²) in [5.74, 6) is 0.263. The minimum atomic E-state index is -4.23. The number of halogens is 1. The van der Waals surface area contributed by atoms with E-state index in [-0.39, 0.29) is 22.9 Å². The van der Waals surface area contributed by atoms with Gasteiger partial charge < -0.3 is 19.5 Å². The van der Waals surface area contributed by atoms with E-state index in [0.717, 1.165) is 22.0 Å². The van der Waals surface area contributed by atoms with Crippen molar-refractivity contribution in [3.05, 3.63) is 77.6 Å². The number of anilines is 1. The fourth-order valence-corrected chi connectivity index (χ4v) is 5.26. The van der Waals surface area contributed by atoms with Crippen molar-refractivity contribution in [2.75, 3.05) is 38.7 Å². The number of carbonyl (C=O) groups excluding carboxylic acids is 1. The molecule has 10 heteroatoms. The maximum Gasteiger partial charge on any atom is 0.268 e. The summed E-state index contributed by atoms with van der Waals surface area (Å²) in [7, 11) is 0.227. The summed E-state index contributed by atoms with van der Waals surface area (Å²) in [4.78, 5) is 12.7. The third-order valence-electron chi connectivity index (χ3n) is 5.47. The maximum atomic E-state index is 13.7. The van der Waals surface area contributed by atoms with Crippen LogP contribution in [0.1, 0.15) is 11.1 Å². The molecule has 0 saturated carbocycles. The van der Waals surface area contributed by atoms with Gasteiger partial charge in [-0.05, 0) is 73.0 Å². The van der Waals surface area contributed by atoms with E-state index in [0.29, 0.717) is 23.5 Å². The van der Waals surface area contributed by atoms with E-state index < -0.39 is 28.3 Å². The number of hydrogen-bond acceptors (Lipinski definition) is 6. The fourth-order valence-electron chi connectivity index (χ4n) is 3.60. The summed E-state index contributed by atoms with van der Waals surface area (Å²) in [5.41, 5.74) is 1.75. The molecule has 8 nitrogen and oxygen atoms in total. The summed E-state index contributed by atoms with van der Waals surface area (Å²) in [5, 5.41) is 2.75. The van der Waals surface area contributed by atoms with Crippen molar-refractivity contribution in [3.63, 3.8) is 0 Å². The lowest BCUT2D eigenvalue weighted by Gasteiger charge is -2.25. The molecule has 0 heterocycles. The molecule has 3 aromatic rings. The summed E-state index contributed by atoms with van der Waals surface area (Å²) in [6.45, 7) is 1.51. The van der Waals surface area contributed by atoms with Gasteiger partial charge in [-0.15, -0.1) is 0 Å². The molecule has 1 N–H and O–H groups in total. The molecule has 0 bridgehead atoms. The lowest BCUT2D eigenvalue weighted by Crippen LogP contribution is -2.41. The molecule has 1 amide bonds. The predicted octanol–water partition coefficient (Wildman–Crippen LogP) is 3.71. The molecule has 0 aromatic heterocycles. The van der Waals surface area contributed by atoms with Crippen molar-refractivity contribution in [2.24, 2.45) is 0 Å². The number of nitrogens with one attached hydrogen (secondary N) is 1. The standard InChI is InChI=1S/C26H29FN2O6S/c1-18-5-11-23(34-3)25(15-18)36(31,32)29(21-9-7-20(27)8-10-21)17-26(30)28-14-13-19-6-12-22(33-2)24(16-19)35-4/h5-12,15-16H,13-14,17H2,1-4H3,(H,28,30). The molecule has 3 rings (SSSR count). The Kier molecular flexibility index (Phi) is 8.76. The Labute approximate surface area is 210 Å². The van der Waals surface area contributed by atoms with Crippen LogP contribution in [-0.2, 0) is 21.2 Å². The topological polar surface area (TPSA) is 94.2 Å². The molecule has 3 aromatic carbocycles. The summed E-state index contributed by atoms with van der Waals surface area (Å²) in [6.07, 6.45) is 0.487. The van der Waals surface area contributed by atoms with Gasteiger partial charge in [0.25, 0.3) is 10.0 Å². The van der Waals surface area contributed by atoms with Crippen LogP contribution < -0.4 is 23.8 Å². The van der Waals surface area contributed by atoms with Gasteiger partial charge in [-0.25, -0.2) is 12.8 Å². The summed E-state index contributed by atoms with van der Waals surface area (Å²) >= 11 is 0. The molecule has 0 aliphatic carbocycles. The number of amides is 1. The molecule has 0 fully saturated rings. The molecular weight excluding hydrogens is 487 g/mol. The van der Waals surface area contributed by atoms with E-state index in [1.807, 2.05) is 12.1 Å². The zero-order chi connectivity index (χ0) is 26.3. The van der Waals surface area contributed by atoms with Crippen molar-refractivity contribution in [1.82, 2.24) is 5.32 Å². The third-order valence-corrected chi connectivity index (χ3v) is 7.27. The highest BCUT2D eigenvalue weighted by Crippen LogP contribution is 2.31. The summed E-state index contributed by atoms with van der Waals surface area (Å²) < 4.78 is 57.6. The SMILES string of the molecule is COc1ccc(CCNC(=O)CN(c2ccc(F)cc2)S(=O)(=O)c2cc(C)ccc2OC)cc1OC. The third kappa shape index (κ3) is 6.25. The zero-order valence-corrected chi connectivity index (χ0v) is 21.4. The smallest absolute Gasteiger partial charge is 0.268 e. The first-order valence-corrected chi connectivity index (χ1v) is 12.5. The first-order valence-electron chi connectivity index (χ1n) is 11.1. The van der Waals surface area contributed by atoms with Gasteiger partial charge in [-0.2, -0.15) is 0 Å². The number of nitrogens with zero attached hydrogens (tertiary/aromatic N) is 1. The average molecular weight is 517 g/mol. The van der Waals surface area contributed by atoms with E-state index in [2.05, 4.69) is 5.32 Å². The maximum absolute atomic E-state index is 13.7. The van der Waals surface area contributed by atoms with E-state index in [4.69, 9.17) is 14.2 Å². The quantitative estimate of drug-likeness (QED) is 0.418. The fraction of sp³-hybridized carbons (Fsp3) is 0.269. The number of sulfonamides is 1. The van der Waals surface area contributed by atoms with Gasteiger partial charge in [0.15, 0.2) is 11.5 Å². The molecule has 0 aliphatic heterocycles. The second kappa shape index (κ2) is 11.8. The molecule has 0 spiro atoms. The molecule has 192 valence electrons. The molecular formula is C26H29FN2O6S. The molecule has 0 aliphatic rings. The van der Waals surface area contributed by atoms with Gasteiger partial charge in [0.1, 0.15) is 23.0 Å². The van der Waals surface area contributed by atoms with Crippen molar-refractivity contribution in [2.45, 2.75) is 18.2 Å². The minimum Gasteiger partial charge on any atom is -0.495 e. The Hall–Kier alpha value is -3.79. The van der Waals surface area contributed by atoms with Crippen LogP contribution in [0.3, 0.4) is 0 Å². The number of methoxy groups -OCH3 is 3.